The van der Waals surface area contributed by atoms with Crippen molar-refractivity contribution < 1.29 is 9.64 Å². The van der Waals surface area contributed by atoms with Crippen LogP contribution in [0.3, 0.4) is 0 Å². The molecule has 1 fully saturated rings. The van der Waals surface area contributed by atoms with E-state index in [2.05, 4.69) is 28.7 Å². The van der Waals surface area contributed by atoms with Crippen LogP contribution in [0.2, 0.25) is 0 Å². The minimum atomic E-state index is 0.764. The molecule has 2 aromatic heterocycles. The topological polar surface area (TPSA) is 42.7 Å². The quantitative estimate of drug-likeness (QED) is 0.748. The van der Waals surface area contributed by atoms with Gasteiger partial charge in [0, 0.05) is 4.88 Å². The first-order chi connectivity index (χ1) is 12.7. The number of anilines is 1. The summed E-state index contributed by atoms with van der Waals surface area (Å²) in [4.78, 5) is 15.5. The molecule has 0 atom stereocenters. The van der Waals surface area contributed by atoms with Gasteiger partial charge in [-0.1, -0.05) is 18.2 Å². The number of nitrogens with one attached hydrogen (secondary N) is 1. The predicted molar refractivity (Wildman–Crippen MR) is 107 cm³/mol. The van der Waals surface area contributed by atoms with Crippen molar-refractivity contribution in [3.63, 3.8) is 0 Å². The van der Waals surface area contributed by atoms with Crippen molar-refractivity contribution in [2.24, 2.45) is 0 Å². The van der Waals surface area contributed by atoms with Crippen molar-refractivity contribution in [2.45, 2.75) is 13.8 Å². The summed E-state index contributed by atoms with van der Waals surface area (Å²) in [7, 11) is 0. The third-order valence-corrected chi connectivity index (χ3v) is 6.30. The second-order valence-electron chi connectivity index (χ2n) is 6.81. The number of piperazine rings is 1. The van der Waals surface area contributed by atoms with Crippen molar-refractivity contribution in [2.75, 3.05) is 44.2 Å². The summed E-state index contributed by atoms with van der Waals surface area (Å²) in [6.45, 7) is 10.4. The molecule has 0 bridgehead atoms. The molecule has 4 rings (SSSR count). The molecule has 6 heteroatoms. The van der Waals surface area contributed by atoms with Crippen LogP contribution >= 0.6 is 11.3 Å². The number of nitrogens with zero attached hydrogens (tertiary/aromatic N) is 3. The fourth-order valence-electron chi connectivity index (χ4n) is 3.52. The van der Waals surface area contributed by atoms with Gasteiger partial charge in [-0.2, -0.15) is 0 Å². The Hall–Kier alpha value is -2.18. The van der Waals surface area contributed by atoms with Crippen molar-refractivity contribution in [3.05, 3.63) is 47.1 Å². The monoisotopic (exact) mass is 369 g/mol. The summed E-state index contributed by atoms with van der Waals surface area (Å²) in [6.07, 6.45) is 1.71. The molecule has 0 unspecified atom stereocenters. The Balaban J connectivity index is 1.35. The Morgan fingerprint density at radius 2 is 1.88 bits per heavy atom. The van der Waals surface area contributed by atoms with Gasteiger partial charge in [-0.05, 0) is 31.5 Å². The standard InChI is InChI=1S/C20H24N4OS/c1-15-16(2)26-20-18(15)19(21-14-22-20)24-10-8-23(9-11-24)12-13-25-17-6-4-3-5-7-17/h3-7,14H,8-13H2,1-2H3/p+1. The Labute approximate surface area is 158 Å². The number of fused-ring (bicyclic) bond motifs is 1. The maximum Gasteiger partial charge on any atom is 0.141 e. The van der Waals surface area contributed by atoms with Gasteiger partial charge in [-0.3, -0.25) is 0 Å². The number of rotatable bonds is 5. The van der Waals surface area contributed by atoms with Crippen LogP contribution < -0.4 is 14.5 Å². The molecule has 3 heterocycles. The van der Waals surface area contributed by atoms with E-state index in [-0.39, 0.29) is 0 Å². The van der Waals surface area contributed by atoms with Crippen molar-refractivity contribution in [1.82, 2.24) is 9.97 Å². The highest BCUT2D eigenvalue weighted by Crippen LogP contribution is 2.34. The molecule has 0 radical (unpaired) electrons. The van der Waals surface area contributed by atoms with E-state index < -0.39 is 0 Å². The van der Waals surface area contributed by atoms with E-state index >= 15 is 0 Å². The van der Waals surface area contributed by atoms with Gasteiger partial charge in [0.05, 0.1) is 31.6 Å². The molecule has 1 aliphatic heterocycles. The summed E-state index contributed by atoms with van der Waals surface area (Å²) in [5.41, 5.74) is 1.33. The average Bonchev–Trinajstić information content (AvgIpc) is 2.97. The largest absolute Gasteiger partial charge is 0.488 e. The van der Waals surface area contributed by atoms with Gasteiger partial charge in [0.1, 0.15) is 35.9 Å². The molecule has 136 valence electrons. The summed E-state index contributed by atoms with van der Waals surface area (Å²) in [5, 5.41) is 1.24. The number of benzene rings is 1. The van der Waals surface area contributed by atoms with Crippen LogP contribution in [0.1, 0.15) is 10.4 Å². The number of hydrogen-bond acceptors (Lipinski definition) is 5. The van der Waals surface area contributed by atoms with Gasteiger partial charge >= 0.3 is 0 Å². The van der Waals surface area contributed by atoms with E-state index in [1.54, 1.807) is 22.6 Å². The van der Waals surface area contributed by atoms with Gasteiger partial charge < -0.3 is 14.5 Å². The smallest absolute Gasteiger partial charge is 0.141 e. The Bertz CT molecular complexity index is 872. The van der Waals surface area contributed by atoms with Crippen LogP contribution in [0.15, 0.2) is 36.7 Å². The lowest BCUT2D eigenvalue weighted by atomic mass is 10.2. The summed E-state index contributed by atoms with van der Waals surface area (Å²) in [5.74, 6) is 2.06. The average molecular weight is 370 g/mol. The Kier molecular flexibility index (Phi) is 5.04. The molecule has 1 saturated heterocycles. The predicted octanol–water partition coefficient (Wildman–Crippen LogP) is 2.09. The van der Waals surface area contributed by atoms with Gasteiger partial charge in [0.25, 0.3) is 0 Å². The van der Waals surface area contributed by atoms with Crippen LogP contribution in [-0.2, 0) is 0 Å². The second-order valence-corrected chi connectivity index (χ2v) is 8.01. The molecule has 1 aromatic carbocycles. The normalized spacial score (nSPS) is 15.5. The third-order valence-electron chi connectivity index (χ3n) is 5.18. The van der Waals surface area contributed by atoms with Gasteiger partial charge in [0.15, 0.2) is 0 Å². The summed E-state index contributed by atoms with van der Waals surface area (Å²) < 4.78 is 5.84. The maximum atomic E-state index is 5.84. The fraction of sp³-hybridized carbons (Fsp3) is 0.400. The zero-order valence-electron chi connectivity index (χ0n) is 15.4. The van der Waals surface area contributed by atoms with Crippen molar-refractivity contribution >= 4 is 27.4 Å². The van der Waals surface area contributed by atoms with Crippen molar-refractivity contribution in [3.8, 4) is 5.75 Å². The molecular weight excluding hydrogens is 344 g/mol. The van der Waals surface area contributed by atoms with Gasteiger partial charge in [-0.25, -0.2) is 9.97 Å². The Morgan fingerprint density at radius 3 is 2.65 bits per heavy atom. The van der Waals surface area contributed by atoms with Crippen LogP contribution in [0.4, 0.5) is 5.82 Å². The number of aromatic nitrogens is 2. The number of hydrogen-bond donors (Lipinski definition) is 1. The molecule has 0 aliphatic carbocycles. The molecule has 1 N–H and O–H groups in total. The van der Waals surface area contributed by atoms with E-state index in [1.165, 1.54) is 15.8 Å². The van der Waals surface area contributed by atoms with Gasteiger partial charge in [0.2, 0.25) is 0 Å². The van der Waals surface area contributed by atoms with Crippen LogP contribution in [0.25, 0.3) is 10.2 Å². The van der Waals surface area contributed by atoms with Crippen LogP contribution in [0.5, 0.6) is 5.75 Å². The summed E-state index contributed by atoms with van der Waals surface area (Å²) in [6, 6.07) is 10.1. The lowest BCUT2D eigenvalue weighted by molar-refractivity contribution is -0.900. The SMILES string of the molecule is Cc1sc2ncnc(N3CC[NH+](CCOc4ccccc4)CC3)c2c1C. The zero-order valence-corrected chi connectivity index (χ0v) is 16.2. The summed E-state index contributed by atoms with van der Waals surface area (Å²) >= 11 is 1.77. The highest BCUT2D eigenvalue weighted by Gasteiger charge is 2.24. The van der Waals surface area contributed by atoms with Crippen LogP contribution in [-0.4, -0.2) is 49.3 Å². The van der Waals surface area contributed by atoms with E-state index in [0.29, 0.717) is 0 Å². The first-order valence-electron chi connectivity index (χ1n) is 9.19. The van der Waals surface area contributed by atoms with E-state index in [0.717, 1.165) is 55.7 Å². The molecule has 0 spiro atoms. The molecule has 26 heavy (non-hydrogen) atoms. The van der Waals surface area contributed by atoms with E-state index in [1.807, 2.05) is 30.3 Å². The molecule has 5 nitrogen and oxygen atoms in total. The number of quaternary nitrogens is 1. The molecular formula is C20H25N4OS+. The van der Waals surface area contributed by atoms with E-state index in [4.69, 9.17) is 4.74 Å². The number of para-hydroxylation sites is 1. The molecule has 3 aromatic rings. The minimum Gasteiger partial charge on any atom is -0.488 e. The first kappa shape index (κ1) is 17.2. The maximum absolute atomic E-state index is 5.84. The number of aryl methyl sites for hydroxylation is 2. The number of thiophene rings is 1. The highest BCUT2D eigenvalue weighted by molar-refractivity contribution is 7.18. The van der Waals surface area contributed by atoms with Crippen molar-refractivity contribution in [1.29, 1.82) is 0 Å². The molecule has 0 saturated carbocycles. The van der Waals surface area contributed by atoms with Gasteiger partial charge in [-0.15, -0.1) is 11.3 Å². The minimum absolute atomic E-state index is 0.764. The lowest BCUT2D eigenvalue weighted by Crippen LogP contribution is -3.15. The first-order valence-corrected chi connectivity index (χ1v) is 10.0. The zero-order chi connectivity index (χ0) is 17.9. The molecule has 0 amide bonds. The fourth-order valence-corrected chi connectivity index (χ4v) is 4.51. The molecule has 1 aliphatic rings. The highest BCUT2D eigenvalue weighted by atomic mass is 32.1. The van der Waals surface area contributed by atoms with E-state index in [9.17, 15) is 0 Å². The van der Waals surface area contributed by atoms with Crippen LogP contribution in [0, 0.1) is 13.8 Å². The Morgan fingerprint density at radius 1 is 1.12 bits per heavy atom. The second kappa shape index (κ2) is 7.60. The third kappa shape index (κ3) is 3.52. The lowest BCUT2D eigenvalue weighted by Gasteiger charge is -2.33. The number of ether oxygens (including phenoxy) is 1.